The Morgan fingerprint density at radius 2 is 2.20 bits per heavy atom. The molecular weight excluding hydrogens is 324 g/mol. The average molecular weight is 342 g/mol. The number of carbonyl (C=O) groups excluding carboxylic acids is 1. The second kappa shape index (κ2) is 6.76. The number of nitrogens with one attached hydrogen (secondary N) is 1. The Hall–Kier alpha value is -3.16. The number of hydrogen-bond donors (Lipinski definition) is 1. The molecule has 0 bridgehead atoms. The van der Waals surface area contributed by atoms with Crippen LogP contribution in [0.25, 0.3) is 5.70 Å². The van der Waals surface area contributed by atoms with E-state index in [1.54, 1.807) is 11.8 Å². The lowest BCUT2D eigenvalue weighted by Gasteiger charge is -2.37. The van der Waals surface area contributed by atoms with E-state index in [4.69, 9.17) is 4.74 Å². The molecule has 1 aromatic carbocycles. The highest BCUT2D eigenvalue weighted by Crippen LogP contribution is 2.33. The van der Waals surface area contributed by atoms with Crippen LogP contribution in [-0.2, 0) is 22.5 Å². The van der Waals surface area contributed by atoms with Gasteiger partial charge in [-0.1, -0.05) is 35.9 Å². The van der Waals surface area contributed by atoms with Gasteiger partial charge in [-0.3, -0.25) is 0 Å². The fourth-order valence-electron chi connectivity index (χ4n) is 3.04. The van der Waals surface area contributed by atoms with Crippen molar-refractivity contribution in [2.24, 2.45) is 0 Å². The highest BCUT2D eigenvalue weighted by Gasteiger charge is 2.35. The molecule has 0 fully saturated rings. The molecule has 0 amide bonds. The van der Waals surface area contributed by atoms with Crippen LogP contribution in [0.1, 0.15) is 23.6 Å². The van der Waals surface area contributed by atoms with Gasteiger partial charge in [-0.15, -0.1) is 5.10 Å². The number of fused-ring (bicyclic) bond motifs is 1. The van der Waals surface area contributed by atoms with Crippen LogP contribution < -0.4 is 0 Å². The van der Waals surface area contributed by atoms with Crippen LogP contribution in [0.15, 0.2) is 37.0 Å². The molecule has 2 aromatic rings. The van der Waals surface area contributed by atoms with Crippen LogP contribution in [0.2, 0.25) is 0 Å². The topological polar surface area (TPSA) is 101 Å². The fraction of sp³-hybridized carbons (Fsp3) is 0.294. The van der Waals surface area contributed by atoms with Gasteiger partial charge in [0.05, 0.1) is 12.8 Å². The summed E-state index contributed by atoms with van der Waals surface area (Å²) in [5.74, 6) is -0.615. The maximum atomic E-state index is 12.4. The Morgan fingerprint density at radius 3 is 2.88 bits per heavy atom. The lowest BCUT2D eigenvalue weighted by Crippen LogP contribution is -2.45. The molecular formula is C17H18N4O4. The second-order valence-corrected chi connectivity index (χ2v) is 5.70. The van der Waals surface area contributed by atoms with E-state index in [0.717, 1.165) is 11.1 Å². The van der Waals surface area contributed by atoms with Crippen molar-refractivity contribution >= 4 is 17.5 Å². The van der Waals surface area contributed by atoms with Crippen molar-refractivity contribution < 1.29 is 14.5 Å². The second-order valence-electron chi connectivity index (χ2n) is 5.70. The van der Waals surface area contributed by atoms with Gasteiger partial charge in [0.25, 0.3) is 0 Å². The highest BCUT2D eigenvalue weighted by molar-refractivity contribution is 5.80. The highest BCUT2D eigenvalue weighted by atomic mass is 16.6. The number of rotatable bonds is 5. The van der Waals surface area contributed by atoms with Gasteiger partial charge < -0.3 is 19.8 Å². The third-order valence-corrected chi connectivity index (χ3v) is 4.27. The number of hydrogen-bond acceptors (Lipinski definition) is 6. The normalized spacial score (nSPS) is 16.2. The molecule has 0 saturated heterocycles. The van der Waals surface area contributed by atoms with Crippen LogP contribution in [0.5, 0.6) is 0 Å². The van der Waals surface area contributed by atoms with Crippen molar-refractivity contribution in [3.05, 3.63) is 63.8 Å². The van der Waals surface area contributed by atoms with Crippen molar-refractivity contribution in [1.82, 2.24) is 15.1 Å². The number of carbonyl (C=O) groups is 1. The molecule has 1 N–H and O–H groups in total. The molecule has 0 spiro atoms. The molecule has 0 saturated carbocycles. The summed E-state index contributed by atoms with van der Waals surface area (Å²) in [7, 11) is 0. The van der Waals surface area contributed by atoms with Gasteiger partial charge in [0.15, 0.2) is 0 Å². The first-order chi connectivity index (χ1) is 12.0. The molecule has 0 radical (unpaired) electrons. The summed E-state index contributed by atoms with van der Waals surface area (Å²) in [6.45, 7) is 6.41. The summed E-state index contributed by atoms with van der Waals surface area (Å²) in [4.78, 5) is 24.8. The van der Waals surface area contributed by atoms with E-state index >= 15 is 0 Å². The molecule has 8 nitrogen and oxygen atoms in total. The molecule has 1 unspecified atom stereocenters. The Kier molecular flexibility index (Phi) is 4.51. The number of aromatic amines is 1. The van der Waals surface area contributed by atoms with E-state index in [1.165, 1.54) is 6.20 Å². The molecule has 2 heterocycles. The minimum absolute atomic E-state index is 0.244. The summed E-state index contributed by atoms with van der Waals surface area (Å²) in [6, 6.07) is 7.21. The Morgan fingerprint density at radius 1 is 1.48 bits per heavy atom. The van der Waals surface area contributed by atoms with Gasteiger partial charge in [0.1, 0.15) is 11.6 Å². The van der Waals surface area contributed by atoms with E-state index in [-0.39, 0.29) is 24.0 Å². The zero-order valence-corrected chi connectivity index (χ0v) is 13.8. The van der Waals surface area contributed by atoms with Gasteiger partial charge in [-0.2, -0.15) is 0 Å². The molecule has 0 aliphatic carbocycles. The lowest BCUT2D eigenvalue weighted by atomic mass is 9.93. The van der Waals surface area contributed by atoms with Gasteiger partial charge in [-0.25, -0.2) is 4.79 Å². The predicted molar refractivity (Wildman–Crippen MR) is 90.4 cm³/mol. The molecule has 8 heteroatoms. The summed E-state index contributed by atoms with van der Waals surface area (Å²) < 4.78 is 5.19. The fourth-order valence-corrected chi connectivity index (χ4v) is 3.04. The van der Waals surface area contributed by atoms with Crippen molar-refractivity contribution in [3.63, 3.8) is 0 Å². The van der Waals surface area contributed by atoms with E-state index in [9.17, 15) is 14.9 Å². The van der Waals surface area contributed by atoms with Gasteiger partial charge in [0, 0.05) is 18.7 Å². The largest absolute Gasteiger partial charge is 0.464 e. The number of nitro groups is 1. The van der Waals surface area contributed by atoms with E-state index in [1.807, 2.05) is 24.3 Å². The maximum Gasteiger partial charge on any atom is 0.351 e. The first-order valence-electron chi connectivity index (χ1n) is 7.90. The van der Waals surface area contributed by atoms with E-state index in [0.29, 0.717) is 18.7 Å². The van der Waals surface area contributed by atoms with Gasteiger partial charge in [-0.05, 0) is 23.0 Å². The molecule has 25 heavy (non-hydrogen) atoms. The summed E-state index contributed by atoms with van der Waals surface area (Å²) in [5, 5.41) is 17.3. The monoisotopic (exact) mass is 342 g/mol. The molecule has 1 aromatic heterocycles. The van der Waals surface area contributed by atoms with Crippen molar-refractivity contribution in [3.8, 4) is 0 Å². The number of H-pyrrole nitrogens is 1. The quantitative estimate of drug-likeness (QED) is 0.508. The molecule has 1 aliphatic heterocycles. The Labute approximate surface area is 144 Å². The predicted octanol–water partition coefficient (Wildman–Crippen LogP) is 2.28. The molecule has 3 rings (SSSR count). The van der Waals surface area contributed by atoms with Crippen molar-refractivity contribution in [1.29, 1.82) is 0 Å². The number of benzene rings is 1. The van der Waals surface area contributed by atoms with E-state index < -0.39 is 11.0 Å². The molecule has 1 atom stereocenters. The van der Waals surface area contributed by atoms with Gasteiger partial charge >= 0.3 is 11.8 Å². The molecule has 130 valence electrons. The minimum atomic E-state index is -0.586. The number of aromatic nitrogens is 2. The number of nitrogens with zero attached hydrogens (tertiary/aromatic N) is 3. The third kappa shape index (κ3) is 3.10. The first-order valence-corrected chi connectivity index (χ1v) is 7.90. The third-order valence-electron chi connectivity index (χ3n) is 4.27. The van der Waals surface area contributed by atoms with Crippen LogP contribution in [0.4, 0.5) is 5.82 Å². The van der Waals surface area contributed by atoms with Gasteiger partial charge in [0.2, 0.25) is 0 Å². The average Bonchev–Trinajstić information content (AvgIpc) is 3.10. The standard InChI is InChI=1S/C17H18N4O4/c1-3-25-17(22)15-8-12-6-4-5-7-13(12)10-20(15)11(2)14-9-18-19-16(14)21(23)24/h4-7,9,15H,2-3,8,10H2,1H3,(H,18,19). The lowest BCUT2D eigenvalue weighted by molar-refractivity contribution is -0.389. The van der Waals surface area contributed by atoms with Crippen LogP contribution in [-0.4, -0.2) is 38.6 Å². The SMILES string of the molecule is C=C(c1cn[nH]c1[N+](=O)[O-])N1Cc2ccccc2CC1C(=O)OCC. The Bertz CT molecular complexity index is 830. The summed E-state index contributed by atoms with van der Waals surface area (Å²) >= 11 is 0. The first kappa shape index (κ1) is 16.7. The smallest absolute Gasteiger partial charge is 0.351 e. The summed E-state index contributed by atoms with van der Waals surface area (Å²) in [6.07, 6.45) is 1.81. The maximum absolute atomic E-state index is 12.4. The molecule has 1 aliphatic rings. The minimum Gasteiger partial charge on any atom is -0.464 e. The van der Waals surface area contributed by atoms with Crippen LogP contribution >= 0.6 is 0 Å². The Balaban J connectivity index is 1.98. The van der Waals surface area contributed by atoms with E-state index in [2.05, 4.69) is 16.8 Å². The number of esters is 1. The van der Waals surface area contributed by atoms with Crippen LogP contribution in [0.3, 0.4) is 0 Å². The zero-order valence-electron chi connectivity index (χ0n) is 13.8. The van der Waals surface area contributed by atoms with Crippen LogP contribution in [0, 0.1) is 10.1 Å². The van der Waals surface area contributed by atoms with Crippen molar-refractivity contribution in [2.45, 2.75) is 25.9 Å². The zero-order chi connectivity index (χ0) is 18.0. The number of ether oxygens (including phenoxy) is 1. The van der Waals surface area contributed by atoms with Crippen molar-refractivity contribution in [2.75, 3.05) is 6.61 Å². The summed E-state index contributed by atoms with van der Waals surface area (Å²) in [5.41, 5.74) is 2.74.